The van der Waals surface area contributed by atoms with Crippen LogP contribution in [0.1, 0.15) is 0 Å². The van der Waals surface area contributed by atoms with Gasteiger partial charge in [-0.2, -0.15) is 0 Å². The maximum absolute atomic E-state index is 5.78. The molecule has 0 aliphatic heterocycles. The molecule has 0 saturated heterocycles. The number of nitrogens with two attached hydrogens (primary N) is 1. The number of hydrogen-bond acceptors (Lipinski definition) is 5. The van der Waals surface area contributed by atoms with Gasteiger partial charge in [0, 0.05) is 35.9 Å². The van der Waals surface area contributed by atoms with Crippen LogP contribution < -0.4 is 5.73 Å². The summed E-state index contributed by atoms with van der Waals surface area (Å²) in [6.07, 6.45) is 3.75. The number of rotatable bonds is 2. The fraction of sp³-hybridized carbons (Fsp3) is 0.0588. The van der Waals surface area contributed by atoms with Gasteiger partial charge in [0.25, 0.3) is 0 Å². The molecule has 0 radical (unpaired) electrons. The molecule has 23 heavy (non-hydrogen) atoms. The Labute approximate surface area is 132 Å². The highest BCUT2D eigenvalue weighted by Gasteiger charge is 2.17. The monoisotopic (exact) mass is 302 g/mol. The molecule has 2 N–H and O–H groups in total. The first-order valence-electron chi connectivity index (χ1n) is 7.20. The zero-order valence-electron chi connectivity index (χ0n) is 12.5. The number of aryl methyl sites for hydroxylation is 1. The zero-order chi connectivity index (χ0) is 15.8. The van der Waals surface area contributed by atoms with Crippen LogP contribution in [0.5, 0.6) is 0 Å². The standard InChI is InChI=1S/C17H14N6/c1-23-10-12(11-6-2-3-8-14(11)23)15-16(21-22-17(18)20-15)13-7-4-5-9-19-13/h2-10H,1H3,(H2,18,20,22). The van der Waals surface area contributed by atoms with Crippen LogP contribution in [-0.2, 0) is 7.05 Å². The van der Waals surface area contributed by atoms with E-state index in [4.69, 9.17) is 5.73 Å². The van der Waals surface area contributed by atoms with Gasteiger partial charge in [-0.25, -0.2) is 4.98 Å². The van der Waals surface area contributed by atoms with E-state index in [-0.39, 0.29) is 5.95 Å². The Morgan fingerprint density at radius 1 is 0.957 bits per heavy atom. The lowest BCUT2D eigenvalue weighted by Gasteiger charge is -2.06. The van der Waals surface area contributed by atoms with Crippen molar-refractivity contribution in [2.45, 2.75) is 0 Å². The van der Waals surface area contributed by atoms with Crippen LogP contribution in [0.4, 0.5) is 5.95 Å². The Kier molecular flexibility index (Phi) is 3.01. The van der Waals surface area contributed by atoms with Crippen LogP contribution in [-0.4, -0.2) is 24.7 Å². The van der Waals surface area contributed by atoms with Gasteiger partial charge in [0.2, 0.25) is 5.95 Å². The number of fused-ring (bicyclic) bond motifs is 1. The summed E-state index contributed by atoms with van der Waals surface area (Å²) in [6, 6.07) is 13.8. The van der Waals surface area contributed by atoms with Gasteiger partial charge in [-0.3, -0.25) is 4.98 Å². The lowest BCUT2D eigenvalue weighted by atomic mass is 10.1. The van der Waals surface area contributed by atoms with Crippen molar-refractivity contribution < 1.29 is 0 Å². The SMILES string of the molecule is Cn1cc(-c2nc(N)nnc2-c2ccccn2)c2ccccc21. The predicted octanol–water partition coefficient (Wildman–Crippen LogP) is 2.67. The number of anilines is 1. The molecule has 0 amide bonds. The molecular weight excluding hydrogens is 288 g/mol. The van der Waals surface area contributed by atoms with Gasteiger partial charge in [-0.05, 0) is 18.2 Å². The van der Waals surface area contributed by atoms with E-state index in [1.807, 2.05) is 43.6 Å². The Hall–Kier alpha value is -3.28. The normalized spacial score (nSPS) is 11.0. The molecule has 6 nitrogen and oxygen atoms in total. The van der Waals surface area contributed by atoms with Gasteiger partial charge in [0.1, 0.15) is 11.4 Å². The first-order valence-corrected chi connectivity index (χ1v) is 7.20. The molecule has 4 aromatic rings. The van der Waals surface area contributed by atoms with Crippen LogP contribution in [0.25, 0.3) is 33.5 Å². The molecule has 3 aromatic heterocycles. The van der Waals surface area contributed by atoms with Crippen LogP contribution in [0.15, 0.2) is 54.9 Å². The van der Waals surface area contributed by atoms with Crippen molar-refractivity contribution in [2.75, 3.05) is 5.73 Å². The second-order valence-electron chi connectivity index (χ2n) is 5.25. The van der Waals surface area contributed by atoms with Crippen molar-refractivity contribution >= 4 is 16.9 Å². The molecule has 4 rings (SSSR count). The Bertz CT molecular complexity index is 991. The summed E-state index contributed by atoms with van der Waals surface area (Å²) >= 11 is 0. The van der Waals surface area contributed by atoms with Gasteiger partial charge in [-0.1, -0.05) is 24.3 Å². The molecule has 0 aliphatic rings. The summed E-state index contributed by atoms with van der Waals surface area (Å²) in [5.41, 5.74) is 9.89. The average Bonchev–Trinajstić information content (AvgIpc) is 2.93. The molecule has 0 fully saturated rings. The van der Waals surface area contributed by atoms with E-state index < -0.39 is 0 Å². The minimum absolute atomic E-state index is 0.146. The summed E-state index contributed by atoms with van der Waals surface area (Å²) in [7, 11) is 2.00. The van der Waals surface area contributed by atoms with Crippen LogP contribution in [0.2, 0.25) is 0 Å². The molecule has 0 unspecified atom stereocenters. The molecule has 0 atom stereocenters. The second kappa shape index (κ2) is 5.17. The van der Waals surface area contributed by atoms with Gasteiger partial charge >= 0.3 is 0 Å². The molecule has 0 spiro atoms. The maximum Gasteiger partial charge on any atom is 0.240 e. The smallest absolute Gasteiger partial charge is 0.240 e. The quantitative estimate of drug-likeness (QED) is 0.615. The van der Waals surface area contributed by atoms with Crippen LogP contribution >= 0.6 is 0 Å². The minimum atomic E-state index is 0.146. The highest BCUT2D eigenvalue weighted by molar-refractivity contribution is 5.97. The molecule has 1 aromatic carbocycles. The number of benzene rings is 1. The molecule has 112 valence electrons. The van der Waals surface area contributed by atoms with Gasteiger partial charge in [-0.15, -0.1) is 10.2 Å². The second-order valence-corrected chi connectivity index (χ2v) is 5.25. The fourth-order valence-electron chi connectivity index (χ4n) is 2.73. The maximum atomic E-state index is 5.78. The first-order chi connectivity index (χ1) is 11.2. The summed E-state index contributed by atoms with van der Waals surface area (Å²) in [5.74, 6) is 0.146. The summed E-state index contributed by atoms with van der Waals surface area (Å²) in [4.78, 5) is 8.80. The van der Waals surface area contributed by atoms with Gasteiger partial charge in [0.05, 0.1) is 5.69 Å². The number of para-hydroxylation sites is 1. The summed E-state index contributed by atoms with van der Waals surface area (Å²) in [6.45, 7) is 0. The molecule has 0 aliphatic carbocycles. The number of nitrogens with zero attached hydrogens (tertiary/aromatic N) is 5. The molecule has 0 saturated carbocycles. The lowest BCUT2D eigenvalue weighted by molar-refractivity contribution is 0.964. The van der Waals surface area contributed by atoms with E-state index >= 15 is 0 Å². The van der Waals surface area contributed by atoms with Crippen molar-refractivity contribution in [3.05, 3.63) is 54.9 Å². The largest absolute Gasteiger partial charge is 0.366 e. The summed E-state index contributed by atoms with van der Waals surface area (Å²) < 4.78 is 2.06. The van der Waals surface area contributed by atoms with E-state index in [1.165, 1.54) is 0 Å². The average molecular weight is 302 g/mol. The van der Waals surface area contributed by atoms with Crippen molar-refractivity contribution in [1.29, 1.82) is 0 Å². The molecule has 3 heterocycles. The van der Waals surface area contributed by atoms with E-state index in [2.05, 4.69) is 36.9 Å². The fourth-order valence-corrected chi connectivity index (χ4v) is 2.73. The number of nitrogen functional groups attached to an aromatic ring is 1. The van der Waals surface area contributed by atoms with Crippen LogP contribution in [0, 0.1) is 0 Å². The van der Waals surface area contributed by atoms with E-state index in [0.29, 0.717) is 11.4 Å². The number of pyridine rings is 1. The minimum Gasteiger partial charge on any atom is -0.366 e. The third kappa shape index (κ3) is 2.20. The third-order valence-corrected chi connectivity index (χ3v) is 3.76. The number of hydrogen-bond donors (Lipinski definition) is 1. The van der Waals surface area contributed by atoms with Crippen molar-refractivity contribution in [2.24, 2.45) is 7.05 Å². The number of aromatic nitrogens is 5. The Morgan fingerprint density at radius 3 is 2.61 bits per heavy atom. The predicted molar refractivity (Wildman–Crippen MR) is 89.4 cm³/mol. The van der Waals surface area contributed by atoms with E-state index in [9.17, 15) is 0 Å². The van der Waals surface area contributed by atoms with E-state index in [1.54, 1.807) is 6.20 Å². The molecular formula is C17H14N6. The topological polar surface area (TPSA) is 82.5 Å². The Balaban J connectivity index is 2.03. The highest BCUT2D eigenvalue weighted by atomic mass is 15.2. The van der Waals surface area contributed by atoms with Crippen molar-refractivity contribution in [3.63, 3.8) is 0 Å². The van der Waals surface area contributed by atoms with Crippen LogP contribution in [0.3, 0.4) is 0 Å². The Morgan fingerprint density at radius 2 is 1.78 bits per heavy atom. The zero-order valence-corrected chi connectivity index (χ0v) is 12.5. The highest BCUT2D eigenvalue weighted by Crippen LogP contribution is 2.33. The molecule has 6 heteroatoms. The first kappa shape index (κ1) is 13.4. The summed E-state index contributed by atoms with van der Waals surface area (Å²) in [5, 5.41) is 9.22. The van der Waals surface area contributed by atoms with Gasteiger partial charge in [0.15, 0.2) is 0 Å². The van der Waals surface area contributed by atoms with Gasteiger partial charge < -0.3 is 10.3 Å². The van der Waals surface area contributed by atoms with E-state index in [0.717, 1.165) is 22.2 Å². The third-order valence-electron chi connectivity index (χ3n) is 3.76. The van der Waals surface area contributed by atoms with Crippen molar-refractivity contribution in [1.82, 2.24) is 24.7 Å². The molecule has 0 bridgehead atoms. The van der Waals surface area contributed by atoms with Crippen molar-refractivity contribution in [3.8, 4) is 22.6 Å². The lowest BCUT2D eigenvalue weighted by Crippen LogP contribution is -2.02.